The number of carboxylic acids is 1. The lowest BCUT2D eigenvalue weighted by Crippen LogP contribution is -1.94. The van der Waals surface area contributed by atoms with Crippen LogP contribution in [0, 0.1) is 0 Å². The smallest absolute Gasteiger partial charge is 0.357 e. The van der Waals surface area contributed by atoms with Gasteiger partial charge in [0.05, 0.1) is 0 Å². The molecule has 1 rings (SSSR count). The fourth-order valence-electron chi connectivity index (χ4n) is 0.394. The molecule has 0 unspecified atom stereocenters. The molecule has 4 nitrogen and oxygen atoms in total. The van der Waals surface area contributed by atoms with Crippen molar-refractivity contribution in [3.05, 3.63) is 11.1 Å². The Morgan fingerprint density at radius 1 is 1.70 bits per heavy atom. The van der Waals surface area contributed by atoms with Crippen LogP contribution >= 0.6 is 31.6 Å². The lowest BCUT2D eigenvalue weighted by atomic mass is 10.5. The maximum atomic E-state index is 10.2. The lowest BCUT2D eigenvalue weighted by molar-refractivity contribution is -0.132. The van der Waals surface area contributed by atoms with Gasteiger partial charge in [-0.25, -0.2) is 4.79 Å². The summed E-state index contributed by atoms with van der Waals surface area (Å²) in [5.41, 5.74) is -0.0833. The van der Waals surface area contributed by atoms with Gasteiger partial charge in [-0.05, 0) is 8.28 Å². The van der Waals surface area contributed by atoms with E-state index in [1.165, 1.54) is 5.41 Å². The summed E-state index contributed by atoms with van der Waals surface area (Å²) in [5, 5.41) is 13.1. The maximum Gasteiger partial charge on any atom is 0.357 e. The van der Waals surface area contributed by atoms with Gasteiger partial charge in [-0.2, -0.15) is 0 Å². The van der Waals surface area contributed by atoms with E-state index in [-0.39, 0.29) is 5.70 Å². The van der Waals surface area contributed by atoms with Crippen molar-refractivity contribution < 1.29 is 9.90 Å². The van der Waals surface area contributed by atoms with Gasteiger partial charge in [-0.3, -0.25) is 0 Å². The molecule has 0 saturated carbocycles. The standard InChI is InChI=1S/C3H4N2O2S3/c6-3(7)2-1-10(8,9)5-4-2/h1,8-9H,(H,6,7). The zero-order valence-corrected chi connectivity index (χ0v) is 7.24. The number of aliphatic carboxylic acids is 1. The third-order valence-corrected chi connectivity index (χ3v) is 2.69. The van der Waals surface area contributed by atoms with Crippen LogP contribution in [0.4, 0.5) is 0 Å². The second kappa shape index (κ2) is 2.48. The fraction of sp³-hybridized carbons (Fsp3) is 0. The Balaban J connectivity index is 2.88. The zero-order valence-electron chi connectivity index (χ0n) is 4.63. The summed E-state index contributed by atoms with van der Waals surface area (Å²) in [6.07, 6.45) is 0. The Morgan fingerprint density at radius 3 is 2.50 bits per heavy atom. The Kier molecular flexibility index (Phi) is 1.97. The monoisotopic (exact) mass is 196 g/mol. The van der Waals surface area contributed by atoms with Crippen molar-refractivity contribution in [3.8, 4) is 0 Å². The zero-order chi connectivity index (χ0) is 7.78. The normalized spacial score (nSPS) is 24.0. The van der Waals surface area contributed by atoms with Crippen LogP contribution in [0.1, 0.15) is 0 Å². The van der Waals surface area contributed by atoms with Gasteiger partial charge in [-0.15, -0.1) is 9.63 Å². The number of rotatable bonds is 1. The minimum Gasteiger partial charge on any atom is -0.476 e. The number of nitrogens with zero attached hydrogens (tertiary/aromatic N) is 2. The minimum atomic E-state index is -1.84. The lowest BCUT2D eigenvalue weighted by Gasteiger charge is -2.09. The van der Waals surface area contributed by atoms with Gasteiger partial charge in [0.1, 0.15) is 0 Å². The number of carbonyl (C=O) groups is 1. The average Bonchev–Trinajstić information content (AvgIpc) is 2.10. The molecule has 0 amide bonds. The van der Waals surface area contributed by atoms with Crippen LogP contribution < -0.4 is 0 Å². The van der Waals surface area contributed by atoms with Crippen molar-refractivity contribution in [1.29, 1.82) is 0 Å². The van der Waals surface area contributed by atoms with E-state index in [0.29, 0.717) is 0 Å². The predicted molar refractivity (Wildman–Crippen MR) is 46.1 cm³/mol. The van der Waals surface area contributed by atoms with E-state index in [9.17, 15) is 4.79 Å². The highest BCUT2D eigenvalue weighted by atomic mass is 33.5. The highest BCUT2D eigenvalue weighted by molar-refractivity contribution is 9.18. The Morgan fingerprint density at radius 2 is 2.30 bits per heavy atom. The summed E-state index contributed by atoms with van der Waals surface area (Å²) in [7, 11) is -1.84. The van der Waals surface area contributed by atoms with Crippen LogP contribution in [0.5, 0.6) is 0 Å². The van der Waals surface area contributed by atoms with Gasteiger partial charge in [0.15, 0.2) is 5.70 Å². The summed E-state index contributed by atoms with van der Waals surface area (Å²) in [5.74, 6) is -1.10. The molecule has 56 valence electrons. The topological polar surface area (TPSA) is 62.0 Å². The number of hydrogen-bond acceptors (Lipinski definition) is 5. The molecular formula is C3H4N2O2S3. The van der Waals surface area contributed by atoms with Crippen LogP contribution in [0.15, 0.2) is 20.7 Å². The van der Waals surface area contributed by atoms with E-state index < -0.39 is 14.2 Å². The molecule has 0 fully saturated rings. The number of hydrogen-bond donors (Lipinski definition) is 3. The SMILES string of the molecule is O=C(O)C1=CS(S)(S)N=N1. The summed E-state index contributed by atoms with van der Waals surface area (Å²) in [6, 6.07) is 0. The molecule has 1 heterocycles. The van der Waals surface area contributed by atoms with Gasteiger partial charge in [0.2, 0.25) is 0 Å². The molecule has 0 radical (unpaired) electrons. The van der Waals surface area contributed by atoms with Gasteiger partial charge in [-0.1, -0.05) is 23.3 Å². The quantitative estimate of drug-likeness (QED) is 0.442. The van der Waals surface area contributed by atoms with E-state index in [1.807, 2.05) is 0 Å². The molecule has 0 aliphatic carbocycles. The van der Waals surface area contributed by atoms with Crippen LogP contribution in [0.25, 0.3) is 0 Å². The average molecular weight is 196 g/mol. The van der Waals surface area contributed by atoms with Crippen molar-refractivity contribution in [2.45, 2.75) is 0 Å². The third kappa shape index (κ3) is 1.68. The first kappa shape index (κ1) is 7.96. The second-order valence-electron chi connectivity index (χ2n) is 1.55. The summed E-state index contributed by atoms with van der Waals surface area (Å²) in [6.45, 7) is 0. The van der Waals surface area contributed by atoms with Crippen molar-refractivity contribution in [2.24, 2.45) is 9.63 Å². The van der Waals surface area contributed by atoms with Gasteiger partial charge in [0, 0.05) is 5.41 Å². The van der Waals surface area contributed by atoms with Crippen molar-refractivity contribution in [2.75, 3.05) is 0 Å². The van der Waals surface area contributed by atoms with E-state index in [0.717, 1.165) is 0 Å². The summed E-state index contributed by atoms with van der Waals surface area (Å²) in [4.78, 5) is 10.2. The molecule has 0 atom stereocenters. The largest absolute Gasteiger partial charge is 0.476 e. The Bertz CT molecular complexity index is 234. The van der Waals surface area contributed by atoms with Crippen LogP contribution in [-0.2, 0) is 4.79 Å². The second-order valence-corrected chi connectivity index (χ2v) is 7.28. The first-order valence-corrected chi connectivity index (χ1v) is 5.93. The van der Waals surface area contributed by atoms with Crippen molar-refractivity contribution >= 4 is 37.6 Å². The molecule has 7 heteroatoms. The summed E-state index contributed by atoms with van der Waals surface area (Å²) >= 11 is 7.90. The molecule has 10 heavy (non-hydrogen) atoms. The Hall–Kier alpha value is -0.140. The van der Waals surface area contributed by atoms with Gasteiger partial charge in [0.25, 0.3) is 0 Å². The summed E-state index contributed by atoms with van der Waals surface area (Å²) < 4.78 is 3.53. The highest BCUT2D eigenvalue weighted by Gasteiger charge is 2.21. The maximum absolute atomic E-state index is 10.2. The minimum absolute atomic E-state index is 0.0833. The van der Waals surface area contributed by atoms with E-state index in [2.05, 4.69) is 33.0 Å². The van der Waals surface area contributed by atoms with Crippen molar-refractivity contribution in [1.82, 2.24) is 0 Å². The molecule has 1 aliphatic heterocycles. The van der Waals surface area contributed by atoms with Crippen LogP contribution in [0.3, 0.4) is 0 Å². The molecule has 0 aromatic rings. The fourth-order valence-corrected chi connectivity index (χ4v) is 1.92. The first-order chi connectivity index (χ1) is 4.51. The number of thiol groups is 2. The molecule has 0 bridgehead atoms. The van der Waals surface area contributed by atoms with Gasteiger partial charge >= 0.3 is 5.97 Å². The van der Waals surface area contributed by atoms with Crippen LogP contribution in [-0.4, -0.2) is 11.1 Å². The molecule has 1 N–H and O–H groups in total. The van der Waals surface area contributed by atoms with Gasteiger partial charge < -0.3 is 5.11 Å². The molecule has 0 aromatic carbocycles. The molecular weight excluding hydrogens is 192 g/mol. The van der Waals surface area contributed by atoms with E-state index in [1.54, 1.807) is 0 Å². The highest BCUT2D eigenvalue weighted by Crippen LogP contribution is 2.63. The third-order valence-electron chi connectivity index (χ3n) is 0.758. The first-order valence-electron chi connectivity index (χ1n) is 2.17. The van der Waals surface area contributed by atoms with E-state index in [4.69, 9.17) is 5.11 Å². The molecule has 0 saturated heterocycles. The van der Waals surface area contributed by atoms with Crippen LogP contribution in [0.2, 0.25) is 0 Å². The van der Waals surface area contributed by atoms with Crippen molar-refractivity contribution in [3.63, 3.8) is 0 Å². The number of carboxylic acid groups (broad SMARTS) is 1. The Labute approximate surface area is 68.5 Å². The van der Waals surface area contributed by atoms with E-state index >= 15 is 0 Å². The molecule has 0 aromatic heterocycles. The predicted octanol–water partition coefficient (Wildman–Crippen LogP) is 1.79. The molecule has 0 spiro atoms. The molecule has 1 aliphatic rings.